The molecule has 0 aromatic heterocycles. The Morgan fingerprint density at radius 2 is 1.71 bits per heavy atom. The van der Waals surface area contributed by atoms with Crippen LogP contribution in [0.3, 0.4) is 0 Å². The van der Waals surface area contributed by atoms with Crippen molar-refractivity contribution in [3.63, 3.8) is 0 Å². The van der Waals surface area contributed by atoms with E-state index in [2.05, 4.69) is 43.1 Å². The topological polar surface area (TPSA) is 55.4 Å². The summed E-state index contributed by atoms with van der Waals surface area (Å²) in [5.74, 6) is -0.867. The molecular weight excluding hydrogens is 348 g/mol. The maximum absolute atomic E-state index is 11.3. The minimum Gasteiger partial charge on any atom is -0.550 e. The average molecular weight is 386 g/mol. The molecule has 0 spiro atoms. The molecule has 4 nitrogen and oxygen atoms in total. The molecule has 0 bridgehead atoms. The summed E-state index contributed by atoms with van der Waals surface area (Å²) < 4.78 is 0. The van der Waals surface area contributed by atoms with Crippen molar-refractivity contribution in [1.29, 1.82) is 0 Å². The first kappa shape index (κ1) is 21.2. The Kier molecular flexibility index (Phi) is 7.03. The van der Waals surface area contributed by atoms with Gasteiger partial charge in [0, 0.05) is 30.8 Å². The zero-order valence-electron chi connectivity index (χ0n) is 18.0. The van der Waals surface area contributed by atoms with Gasteiger partial charge < -0.3 is 20.1 Å². The van der Waals surface area contributed by atoms with Crippen LogP contribution in [0, 0.1) is 26.2 Å². The van der Waals surface area contributed by atoms with Gasteiger partial charge in [-0.15, -0.1) is 0 Å². The van der Waals surface area contributed by atoms with Crippen LogP contribution in [0.15, 0.2) is 12.1 Å². The summed E-state index contributed by atoms with van der Waals surface area (Å²) in [6.45, 7) is 9.77. The van der Waals surface area contributed by atoms with E-state index in [1.165, 1.54) is 41.6 Å². The second kappa shape index (κ2) is 9.30. The average Bonchev–Trinajstić information content (AvgIpc) is 2.64. The van der Waals surface area contributed by atoms with Gasteiger partial charge in [-0.2, -0.15) is 0 Å². The zero-order valence-corrected chi connectivity index (χ0v) is 18.0. The van der Waals surface area contributed by atoms with Crippen LogP contribution in [0.1, 0.15) is 74.5 Å². The second-order valence-electron chi connectivity index (χ2n) is 9.39. The molecular formula is C24H37N2O2-. The van der Waals surface area contributed by atoms with Crippen LogP contribution < -0.4 is 10.4 Å². The highest BCUT2D eigenvalue weighted by Crippen LogP contribution is 2.42. The second-order valence-corrected chi connectivity index (χ2v) is 9.39. The highest BCUT2D eigenvalue weighted by atomic mass is 16.4. The summed E-state index contributed by atoms with van der Waals surface area (Å²) in [5.41, 5.74) is 5.29. The smallest absolute Gasteiger partial charge is 0.0419 e. The van der Waals surface area contributed by atoms with Crippen molar-refractivity contribution in [2.75, 3.05) is 25.0 Å². The lowest BCUT2D eigenvalue weighted by atomic mass is 9.69. The molecule has 4 heteroatoms. The summed E-state index contributed by atoms with van der Waals surface area (Å²) in [4.78, 5) is 13.8. The van der Waals surface area contributed by atoms with E-state index in [4.69, 9.17) is 0 Å². The number of anilines is 1. The molecule has 1 heterocycles. The zero-order chi connectivity index (χ0) is 20.1. The maximum atomic E-state index is 11.3. The van der Waals surface area contributed by atoms with Crippen LogP contribution in [0.4, 0.5) is 5.69 Å². The number of hydrogen-bond acceptors (Lipinski definition) is 4. The first-order valence-corrected chi connectivity index (χ1v) is 11.1. The fourth-order valence-electron chi connectivity index (χ4n) is 5.43. The Balaban J connectivity index is 1.49. The third kappa shape index (κ3) is 5.50. The number of benzene rings is 1. The largest absolute Gasteiger partial charge is 0.550 e. The molecule has 1 saturated carbocycles. The van der Waals surface area contributed by atoms with Crippen LogP contribution in [0.25, 0.3) is 0 Å². The van der Waals surface area contributed by atoms with E-state index in [-0.39, 0.29) is 11.8 Å². The van der Waals surface area contributed by atoms with Crippen molar-refractivity contribution in [2.24, 2.45) is 5.41 Å². The molecule has 1 N–H and O–H groups in total. The number of aliphatic carboxylic acids is 1. The minimum absolute atomic E-state index is 0.0116. The van der Waals surface area contributed by atoms with E-state index in [9.17, 15) is 9.90 Å². The van der Waals surface area contributed by atoms with E-state index in [1.807, 2.05) is 0 Å². The van der Waals surface area contributed by atoms with Gasteiger partial charge in [-0.25, -0.2) is 0 Å². The van der Waals surface area contributed by atoms with Gasteiger partial charge in [0.1, 0.15) is 0 Å². The Labute approximate surface area is 170 Å². The fourth-order valence-corrected chi connectivity index (χ4v) is 5.43. The molecule has 2 aliphatic rings. The Bertz CT molecular complexity index is 648. The van der Waals surface area contributed by atoms with Gasteiger partial charge in [0.15, 0.2) is 0 Å². The van der Waals surface area contributed by atoms with Crippen molar-refractivity contribution >= 4 is 11.7 Å². The molecule has 1 aliphatic carbocycles. The molecule has 0 radical (unpaired) electrons. The van der Waals surface area contributed by atoms with Gasteiger partial charge in [0.25, 0.3) is 0 Å². The lowest BCUT2D eigenvalue weighted by molar-refractivity contribution is -0.308. The summed E-state index contributed by atoms with van der Waals surface area (Å²) in [5, 5.41) is 15.1. The van der Waals surface area contributed by atoms with Crippen molar-refractivity contribution < 1.29 is 9.90 Å². The van der Waals surface area contributed by atoms with Gasteiger partial charge in [0.2, 0.25) is 0 Å². The Morgan fingerprint density at radius 1 is 1.11 bits per heavy atom. The van der Waals surface area contributed by atoms with Crippen molar-refractivity contribution in [3.05, 3.63) is 28.8 Å². The van der Waals surface area contributed by atoms with E-state index in [0.29, 0.717) is 6.04 Å². The molecule has 0 atom stereocenters. The number of carboxylic acid groups (broad SMARTS) is 1. The number of carbonyl (C=O) groups is 1. The highest BCUT2D eigenvalue weighted by Gasteiger charge is 2.33. The summed E-state index contributed by atoms with van der Waals surface area (Å²) >= 11 is 0. The van der Waals surface area contributed by atoms with Crippen LogP contribution in [0.5, 0.6) is 0 Å². The van der Waals surface area contributed by atoms with Crippen molar-refractivity contribution in [3.8, 4) is 0 Å². The molecule has 1 aromatic carbocycles. The Morgan fingerprint density at radius 3 is 2.29 bits per heavy atom. The molecule has 1 aliphatic heterocycles. The molecule has 1 aromatic rings. The van der Waals surface area contributed by atoms with Gasteiger partial charge in [0.05, 0.1) is 0 Å². The van der Waals surface area contributed by atoms with Gasteiger partial charge >= 0.3 is 0 Å². The molecule has 0 amide bonds. The van der Waals surface area contributed by atoms with E-state index >= 15 is 0 Å². The lowest BCUT2D eigenvalue weighted by Crippen LogP contribution is -2.42. The predicted molar refractivity (Wildman–Crippen MR) is 113 cm³/mol. The fraction of sp³-hybridized carbons (Fsp3) is 0.708. The summed E-state index contributed by atoms with van der Waals surface area (Å²) in [6.07, 6.45) is 9.29. The number of aryl methyl sites for hydroxylation is 3. The van der Waals surface area contributed by atoms with Crippen molar-refractivity contribution in [1.82, 2.24) is 4.90 Å². The van der Waals surface area contributed by atoms with Crippen LogP contribution in [-0.4, -0.2) is 36.5 Å². The standard InChI is InChI=1S/C24H38N2O2/c1-18-15-19(2)23(20(3)16-18)25-21-7-12-26(13-8-21)14-11-24(17-22(27)28)9-5-4-6-10-24/h15-16,21,25H,4-14,17H2,1-3H3,(H,27,28)/p-1. The van der Waals surface area contributed by atoms with Gasteiger partial charge in [-0.05, 0) is 82.4 Å². The number of likely N-dealkylation sites (tertiary alicyclic amines) is 1. The molecule has 28 heavy (non-hydrogen) atoms. The van der Waals surface area contributed by atoms with Crippen LogP contribution in [0.2, 0.25) is 0 Å². The molecule has 156 valence electrons. The first-order chi connectivity index (χ1) is 13.4. The number of carbonyl (C=O) groups excluding carboxylic acids is 1. The van der Waals surface area contributed by atoms with E-state index < -0.39 is 5.97 Å². The quantitative estimate of drug-likeness (QED) is 0.772. The first-order valence-electron chi connectivity index (χ1n) is 11.1. The summed E-state index contributed by atoms with van der Waals surface area (Å²) in [7, 11) is 0. The van der Waals surface area contributed by atoms with Crippen LogP contribution >= 0.6 is 0 Å². The molecule has 1 saturated heterocycles. The van der Waals surface area contributed by atoms with E-state index in [0.717, 1.165) is 51.7 Å². The molecule has 3 rings (SSSR count). The number of piperidine rings is 1. The highest BCUT2D eigenvalue weighted by molar-refractivity contribution is 5.65. The minimum atomic E-state index is -0.867. The van der Waals surface area contributed by atoms with E-state index in [1.54, 1.807) is 0 Å². The molecule has 0 unspecified atom stereocenters. The normalized spacial score (nSPS) is 20.8. The van der Waals surface area contributed by atoms with Gasteiger partial charge in [-0.3, -0.25) is 0 Å². The van der Waals surface area contributed by atoms with Crippen LogP contribution in [-0.2, 0) is 4.79 Å². The summed E-state index contributed by atoms with van der Waals surface area (Å²) in [6, 6.07) is 5.04. The maximum Gasteiger partial charge on any atom is 0.0419 e. The lowest BCUT2D eigenvalue weighted by Gasteiger charge is -2.41. The molecule has 2 fully saturated rings. The number of hydrogen-bond donors (Lipinski definition) is 1. The number of nitrogens with zero attached hydrogens (tertiary/aromatic N) is 1. The predicted octanol–water partition coefficient (Wildman–Crippen LogP) is 3.97. The van der Waals surface area contributed by atoms with Crippen molar-refractivity contribution in [2.45, 2.75) is 84.6 Å². The number of rotatable bonds is 7. The Hall–Kier alpha value is -1.55. The SMILES string of the molecule is Cc1cc(C)c(NC2CCN(CCC3(CC(=O)[O-])CCCCC3)CC2)c(C)c1. The van der Waals surface area contributed by atoms with Gasteiger partial charge in [-0.1, -0.05) is 37.0 Å². The third-order valence-electron chi connectivity index (χ3n) is 7.00. The number of carboxylic acids is 1. The monoisotopic (exact) mass is 385 g/mol. The number of nitrogens with one attached hydrogen (secondary N) is 1. The third-order valence-corrected chi connectivity index (χ3v) is 7.00.